The Morgan fingerprint density at radius 1 is 1.20 bits per heavy atom. The van der Waals surface area contributed by atoms with Crippen LogP contribution in [0, 0.1) is 17.0 Å². The van der Waals surface area contributed by atoms with Gasteiger partial charge in [0.05, 0.1) is 10.5 Å². The summed E-state index contributed by atoms with van der Waals surface area (Å²) in [5.41, 5.74) is -1.83. The van der Waals surface area contributed by atoms with Crippen LogP contribution in [0.15, 0.2) is 47.0 Å². The molecule has 2 aromatic carbocycles. The van der Waals surface area contributed by atoms with Gasteiger partial charge in [0.2, 0.25) is 5.76 Å². The average Bonchev–Trinajstić information content (AvgIpc) is 2.92. The van der Waals surface area contributed by atoms with Gasteiger partial charge in [-0.1, -0.05) is 41.6 Å². The standard InChI is InChI=1S/C17H11F3N2O3/c1-10-16(22(23)24)15(25-21-10)9-14(17(18,19)20)13-7-6-11-4-2-3-5-12(11)8-13/h2-9H,1H3. The summed E-state index contributed by atoms with van der Waals surface area (Å²) in [6.45, 7) is 1.29. The maximum Gasteiger partial charge on any atom is 0.417 e. The van der Waals surface area contributed by atoms with E-state index in [1.54, 1.807) is 30.3 Å². The third kappa shape index (κ3) is 3.23. The quantitative estimate of drug-likeness (QED) is 0.485. The number of halogens is 3. The second-order valence-electron chi connectivity index (χ2n) is 5.36. The van der Waals surface area contributed by atoms with Crippen molar-refractivity contribution in [2.75, 3.05) is 0 Å². The van der Waals surface area contributed by atoms with E-state index < -0.39 is 28.1 Å². The van der Waals surface area contributed by atoms with Crippen LogP contribution in [0.3, 0.4) is 0 Å². The Hall–Kier alpha value is -3.16. The van der Waals surface area contributed by atoms with Crippen molar-refractivity contribution >= 4 is 28.1 Å². The Morgan fingerprint density at radius 2 is 1.88 bits per heavy atom. The number of allylic oxidation sites excluding steroid dienone is 1. The third-order valence-corrected chi connectivity index (χ3v) is 3.68. The van der Waals surface area contributed by atoms with Crippen LogP contribution in [-0.2, 0) is 0 Å². The molecule has 1 heterocycles. The van der Waals surface area contributed by atoms with E-state index in [1.807, 2.05) is 0 Å². The molecule has 3 aromatic rings. The average molecular weight is 348 g/mol. The molecule has 0 saturated heterocycles. The summed E-state index contributed by atoms with van der Waals surface area (Å²) in [6, 6.07) is 11.2. The first-order valence-corrected chi connectivity index (χ1v) is 7.16. The van der Waals surface area contributed by atoms with Crippen LogP contribution in [0.5, 0.6) is 0 Å². The van der Waals surface area contributed by atoms with Gasteiger partial charge in [0.25, 0.3) is 0 Å². The molecule has 1 aromatic heterocycles. The van der Waals surface area contributed by atoms with Crippen molar-refractivity contribution in [1.82, 2.24) is 5.16 Å². The number of fused-ring (bicyclic) bond motifs is 1. The lowest BCUT2D eigenvalue weighted by Crippen LogP contribution is -2.10. The molecule has 0 N–H and O–H groups in total. The Morgan fingerprint density at radius 3 is 2.52 bits per heavy atom. The predicted molar refractivity (Wildman–Crippen MR) is 85.8 cm³/mol. The van der Waals surface area contributed by atoms with E-state index in [-0.39, 0.29) is 11.3 Å². The molecule has 128 valence electrons. The Kier molecular flexibility index (Phi) is 4.03. The number of alkyl halides is 3. The SMILES string of the molecule is Cc1noc(C=C(c2ccc3ccccc3c2)C(F)(F)F)c1[N+](=O)[O-]. The first kappa shape index (κ1) is 16.7. The smallest absolute Gasteiger partial charge is 0.349 e. The summed E-state index contributed by atoms with van der Waals surface area (Å²) < 4.78 is 45.3. The second kappa shape index (κ2) is 6.04. The first-order chi connectivity index (χ1) is 11.8. The number of aryl methyl sites for hydroxylation is 1. The molecule has 0 fully saturated rings. The molecular formula is C17H11F3N2O3. The fraction of sp³-hybridized carbons (Fsp3) is 0.118. The van der Waals surface area contributed by atoms with Gasteiger partial charge < -0.3 is 4.52 Å². The number of hydrogen-bond donors (Lipinski definition) is 0. The van der Waals surface area contributed by atoms with Gasteiger partial charge in [0.1, 0.15) is 0 Å². The Labute approximate surface area is 139 Å². The van der Waals surface area contributed by atoms with Gasteiger partial charge in [0.15, 0.2) is 5.69 Å². The molecular weight excluding hydrogens is 337 g/mol. The van der Waals surface area contributed by atoms with Crippen LogP contribution < -0.4 is 0 Å². The lowest BCUT2D eigenvalue weighted by Gasteiger charge is -2.12. The molecule has 0 aliphatic heterocycles. The van der Waals surface area contributed by atoms with Crippen LogP contribution in [0.25, 0.3) is 22.4 Å². The van der Waals surface area contributed by atoms with Crippen molar-refractivity contribution < 1.29 is 22.6 Å². The Bertz CT molecular complexity index is 990. The number of nitro groups is 1. The molecule has 25 heavy (non-hydrogen) atoms. The summed E-state index contributed by atoms with van der Waals surface area (Å²) in [4.78, 5) is 10.2. The van der Waals surface area contributed by atoms with Gasteiger partial charge >= 0.3 is 11.9 Å². The molecule has 0 aliphatic carbocycles. The maximum absolute atomic E-state index is 13.5. The number of rotatable bonds is 3. The lowest BCUT2D eigenvalue weighted by molar-refractivity contribution is -0.386. The van der Waals surface area contributed by atoms with Gasteiger partial charge in [-0.05, 0) is 29.3 Å². The fourth-order valence-electron chi connectivity index (χ4n) is 2.52. The summed E-state index contributed by atoms with van der Waals surface area (Å²) in [7, 11) is 0. The van der Waals surface area contributed by atoms with E-state index in [0.717, 1.165) is 5.39 Å². The number of aromatic nitrogens is 1. The second-order valence-corrected chi connectivity index (χ2v) is 5.36. The molecule has 8 heteroatoms. The number of nitrogens with zero attached hydrogens (tertiary/aromatic N) is 2. The van der Waals surface area contributed by atoms with E-state index in [1.165, 1.54) is 19.1 Å². The number of hydrogen-bond acceptors (Lipinski definition) is 4. The largest absolute Gasteiger partial charge is 0.417 e. The highest BCUT2D eigenvalue weighted by molar-refractivity contribution is 5.91. The van der Waals surface area contributed by atoms with Crippen LogP contribution in [-0.4, -0.2) is 16.3 Å². The molecule has 0 saturated carbocycles. The van der Waals surface area contributed by atoms with Crippen molar-refractivity contribution in [3.8, 4) is 0 Å². The van der Waals surface area contributed by atoms with Gasteiger partial charge in [-0.15, -0.1) is 0 Å². The van der Waals surface area contributed by atoms with Crippen LogP contribution in [0.1, 0.15) is 17.0 Å². The van der Waals surface area contributed by atoms with E-state index >= 15 is 0 Å². The number of benzene rings is 2. The van der Waals surface area contributed by atoms with Crippen molar-refractivity contribution in [3.05, 3.63) is 69.6 Å². The highest BCUT2D eigenvalue weighted by Gasteiger charge is 2.36. The summed E-state index contributed by atoms with van der Waals surface area (Å²) in [5, 5.41) is 15.8. The van der Waals surface area contributed by atoms with Crippen molar-refractivity contribution in [2.24, 2.45) is 0 Å². The van der Waals surface area contributed by atoms with Crippen LogP contribution in [0.4, 0.5) is 18.9 Å². The monoisotopic (exact) mass is 348 g/mol. The first-order valence-electron chi connectivity index (χ1n) is 7.16. The fourth-order valence-corrected chi connectivity index (χ4v) is 2.52. The zero-order valence-electron chi connectivity index (χ0n) is 12.9. The normalized spacial score (nSPS) is 12.6. The minimum absolute atomic E-state index is 0.0868. The molecule has 0 unspecified atom stereocenters. The van der Waals surface area contributed by atoms with Crippen molar-refractivity contribution in [2.45, 2.75) is 13.1 Å². The molecule has 3 rings (SSSR count). The van der Waals surface area contributed by atoms with Gasteiger partial charge in [-0.2, -0.15) is 13.2 Å². The molecule has 5 nitrogen and oxygen atoms in total. The van der Waals surface area contributed by atoms with Crippen molar-refractivity contribution in [3.63, 3.8) is 0 Å². The highest BCUT2D eigenvalue weighted by Crippen LogP contribution is 2.38. The molecule has 0 spiro atoms. The maximum atomic E-state index is 13.5. The minimum Gasteiger partial charge on any atom is -0.349 e. The van der Waals surface area contributed by atoms with Gasteiger partial charge in [-0.3, -0.25) is 10.1 Å². The molecule has 0 atom stereocenters. The van der Waals surface area contributed by atoms with E-state index in [0.29, 0.717) is 11.5 Å². The van der Waals surface area contributed by atoms with E-state index in [2.05, 4.69) is 5.16 Å². The molecule has 0 amide bonds. The molecule has 0 aliphatic rings. The zero-order valence-corrected chi connectivity index (χ0v) is 12.9. The van der Waals surface area contributed by atoms with Gasteiger partial charge in [0, 0.05) is 6.08 Å². The van der Waals surface area contributed by atoms with E-state index in [4.69, 9.17) is 4.52 Å². The van der Waals surface area contributed by atoms with Crippen LogP contribution >= 0.6 is 0 Å². The highest BCUT2D eigenvalue weighted by atomic mass is 19.4. The minimum atomic E-state index is -4.73. The molecule has 0 radical (unpaired) electrons. The summed E-state index contributed by atoms with van der Waals surface area (Å²) >= 11 is 0. The van der Waals surface area contributed by atoms with E-state index in [9.17, 15) is 23.3 Å². The predicted octanol–water partition coefficient (Wildman–Crippen LogP) is 5.15. The lowest BCUT2D eigenvalue weighted by atomic mass is 10.00. The third-order valence-electron chi connectivity index (χ3n) is 3.68. The zero-order chi connectivity index (χ0) is 18.2. The Balaban J connectivity index is 2.20. The summed E-state index contributed by atoms with van der Waals surface area (Å²) in [5.74, 6) is -0.539. The van der Waals surface area contributed by atoms with Gasteiger partial charge in [-0.25, -0.2) is 0 Å². The topological polar surface area (TPSA) is 69.2 Å². The summed E-state index contributed by atoms with van der Waals surface area (Å²) in [6.07, 6.45) is -4.11. The molecule has 0 bridgehead atoms. The van der Waals surface area contributed by atoms with Crippen molar-refractivity contribution in [1.29, 1.82) is 0 Å². The van der Waals surface area contributed by atoms with Crippen LogP contribution in [0.2, 0.25) is 0 Å².